The Morgan fingerprint density at radius 2 is 2.00 bits per heavy atom. The van der Waals surface area contributed by atoms with Crippen molar-refractivity contribution in [1.82, 2.24) is 4.98 Å². The van der Waals surface area contributed by atoms with Crippen LogP contribution in [0.15, 0.2) is 52.8 Å². The molecule has 0 spiro atoms. The summed E-state index contributed by atoms with van der Waals surface area (Å²) in [6.45, 7) is 5.01. The normalized spacial score (nSPS) is 11.7. The van der Waals surface area contributed by atoms with Crippen LogP contribution < -0.4 is 15.2 Å². The van der Waals surface area contributed by atoms with Gasteiger partial charge in [0, 0.05) is 17.8 Å². The molecule has 1 aromatic carbocycles. The molecule has 6 nitrogen and oxygen atoms in total. The Bertz CT molecular complexity index is 684. The fourth-order valence-electron chi connectivity index (χ4n) is 1.88. The van der Waals surface area contributed by atoms with Crippen molar-refractivity contribution < 1.29 is 9.47 Å². The van der Waals surface area contributed by atoms with Gasteiger partial charge in [-0.2, -0.15) is 5.10 Å². The van der Waals surface area contributed by atoms with E-state index in [0.29, 0.717) is 24.7 Å². The second kappa shape index (κ2) is 8.53. The molecule has 1 heterocycles. The number of benzene rings is 1. The number of amidine groups is 1. The Balaban J connectivity index is 2.18. The van der Waals surface area contributed by atoms with Crippen LogP contribution in [0, 0.1) is 0 Å². The van der Waals surface area contributed by atoms with E-state index in [1.54, 1.807) is 18.5 Å². The lowest BCUT2D eigenvalue weighted by molar-refractivity contribution is 0.323. The van der Waals surface area contributed by atoms with Gasteiger partial charge in [-0.25, -0.2) is 0 Å². The standard InChI is InChI=1S/C17H20N4O2/c1-3-22-14-9-8-13(16(11-14)23-4-2)12-20-21-17(18)15-7-5-6-10-19-15/h5-12H,3-4H2,1-2H3,(H2,18,21). The predicted octanol–water partition coefficient (Wildman–Crippen LogP) is 2.62. The summed E-state index contributed by atoms with van der Waals surface area (Å²) in [6.07, 6.45) is 3.25. The number of aromatic nitrogens is 1. The number of rotatable bonds is 7. The Kier molecular flexibility index (Phi) is 6.11. The summed E-state index contributed by atoms with van der Waals surface area (Å²) in [5.74, 6) is 1.70. The Morgan fingerprint density at radius 1 is 1.17 bits per heavy atom. The zero-order chi connectivity index (χ0) is 16.5. The van der Waals surface area contributed by atoms with Crippen LogP contribution in [0.25, 0.3) is 0 Å². The summed E-state index contributed by atoms with van der Waals surface area (Å²) in [4.78, 5) is 4.11. The molecule has 0 aliphatic heterocycles. The van der Waals surface area contributed by atoms with Gasteiger partial charge in [-0.3, -0.25) is 4.98 Å². The van der Waals surface area contributed by atoms with Crippen LogP contribution in [0.1, 0.15) is 25.1 Å². The minimum Gasteiger partial charge on any atom is -0.494 e. The van der Waals surface area contributed by atoms with Crippen LogP contribution in [0.2, 0.25) is 0 Å². The first-order chi connectivity index (χ1) is 11.2. The minimum absolute atomic E-state index is 0.255. The highest BCUT2D eigenvalue weighted by Crippen LogP contribution is 2.24. The summed E-state index contributed by atoms with van der Waals surface area (Å²) >= 11 is 0. The third-order valence-corrected chi connectivity index (χ3v) is 2.89. The molecule has 0 unspecified atom stereocenters. The minimum atomic E-state index is 0.255. The van der Waals surface area contributed by atoms with Crippen molar-refractivity contribution in [1.29, 1.82) is 0 Å². The van der Waals surface area contributed by atoms with Crippen molar-refractivity contribution in [2.24, 2.45) is 15.9 Å². The average Bonchev–Trinajstić information content (AvgIpc) is 2.58. The molecule has 0 atom stereocenters. The van der Waals surface area contributed by atoms with Crippen LogP contribution in [-0.4, -0.2) is 30.2 Å². The molecule has 2 aromatic rings. The molecule has 6 heteroatoms. The van der Waals surface area contributed by atoms with E-state index in [2.05, 4.69) is 15.2 Å². The van der Waals surface area contributed by atoms with Gasteiger partial charge in [0.1, 0.15) is 17.2 Å². The monoisotopic (exact) mass is 312 g/mol. The molecule has 2 N–H and O–H groups in total. The van der Waals surface area contributed by atoms with Crippen molar-refractivity contribution in [2.75, 3.05) is 13.2 Å². The van der Waals surface area contributed by atoms with Crippen molar-refractivity contribution in [2.45, 2.75) is 13.8 Å². The molecule has 0 aliphatic rings. The number of ether oxygens (including phenoxy) is 2. The molecule has 2 rings (SSSR count). The SMILES string of the molecule is CCOc1ccc(C=NN=C(N)c2ccccn2)c(OCC)c1. The molecule has 1 aromatic heterocycles. The second-order valence-electron chi connectivity index (χ2n) is 4.51. The highest BCUT2D eigenvalue weighted by molar-refractivity contribution is 5.96. The lowest BCUT2D eigenvalue weighted by Gasteiger charge is -2.09. The van der Waals surface area contributed by atoms with E-state index in [1.807, 2.05) is 44.2 Å². The molecular formula is C17H20N4O2. The van der Waals surface area contributed by atoms with Gasteiger partial charge in [0.15, 0.2) is 5.84 Å². The zero-order valence-corrected chi connectivity index (χ0v) is 13.3. The molecular weight excluding hydrogens is 292 g/mol. The molecule has 0 amide bonds. The fourth-order valence-corrected chi connectivity index (χ4v) is 1.88. The predicted molar refractivity (Wildman–Crippen MR) is 91.3 cm³/mol. The first-order valence-corrected chi connectivity index (χ1v) is 7.42. The third-order valence-electron chi connectivity index (χ3n) is 2.89. The first-order valence-electron chi connectivity index (χ1n) is 7.42. The molecule has 0 saturated heterocycles. The molecule has 0 saturated carbocycles. The second-order valence-corrected chi connectivity index (χ2v) is 4.51. The number of nitrogens with zero attached hydrogens (tertiary/aromatic N) is 3. The number of pyridine rings is 1. The van der Waals surface area contributed by atoms with Crippen LogP contribution in [-0.2, 0) is 0 Å². The maximum absolute atomic E-state index is 5.84. The largest absolute Gasteiger partial charge is 0.494 e. The van der Waals surface area contributed by atoms with Gasteiger partial charge in [-0.15, -0.1) is 5.10 Å². The van der Waals surface area contributed by atoms with E-state index in [9.17, 15) is 0 Å². The van der Waals surface area contributed by atoms with E-state index < -0.39 is 0 Å². The molecule has 0 aliphatic carbocycles. The summed E-state index contributed by atoms with van der Waals surface area (Å²) in [5.41, 5.74) is 7.23. The highest BCUT2D eigenvalue weighted by Gasteiger charge is 2.04. The van der Waals surface area contributed by atoms with E-state index in [1.165, 1.54) is 0 Å². The summed E-state index contributed by atoms with van der Waals surface area (Å²) in [5, 5.41) is 7.98. The van der Waals surface area contributed by atoms with Gasteiger partial charge in [-0.1, -0.05) is 6.07 Å². The van der Waals surface area contributed by atoms with Crippen molar-refractivity contribution in [3.05, 3.63) is 53.9 Å². The van der Waals surface area contributed by atoms with Crippen molar-refractivity contribution in [3.8, 4) is 11.5 Å². The quantitative estimate of drug-likeness (QED) is 0.484. The lowest BCUT2D eigenvalue weighted by atomic mass is 10.2. The number of nitrogens with two attached hydrogens (primary N) is 1. The fraction of sp³-hybridized carbons (Fsp3) is 0.235. The molecule has 23 heavy (non-hydrogen) atoms. The molecule has 0 radical (unpaired) electrons. The van der Waals surface area contributed by atoms with Crippen LogP contribution in [0.4, 0.5) is 0 Å². The zero-order valence-electron chi connectivity index (χ0n) is 13.3. The van der Waals surface area contributed by atoms with Gasteiger partial charge < -0.3 is 15.2 Å². The van der Waals surface area contributed by atoms with Crippen LogP contribution in [0.3, 0.4) is 0 Å². The smallest absolute Gasteiger partial charge is 0.171 e. The van der Waals surface area contributed by atoms with E-state index in [-0.39, 0.29) is 5.84 Å². The molecule has 0 fully saturated rings. The maximum atomic E-state index is 5.84. The lowest BCUT2D eigenvalue weighted by Crippen LogP contribution is -2.14. The van der Waals surface area contributed by atoms with E-state index >= 15 is 0 Å². The first kappa shape index (κ1) is 16.5. The van der Waals surface area contributed by atoms with Gasteiger partial charge in [0.05, 0.1) is 19.4 Å². The van der Waals surface area contributed by atoms with Crippen molar-refractivity contribution >= 4 is 12.1 Å². The van der Waals surface area contributed by atoms with Gasteiger partial charge >= 0.3 is 0 Å². The Hall–Kier alpha value is -2.89. The summed E-state index contributed by atoms with van der Waals surface area (Å²) in [7, 11) is 0. The molecule has 120 valence electrons. The number of hydrogen-bond acceptors (Lipinski definition) is 5. The third kappa shape index (κ3) is 4.81. The van der Waals surface area contributed by atoms with Crippen LogP contribution in [0.5, 0.6) is 11.5 Å². The van der Waals surface area contributed by atoms with E-state index in [4.69, 9.17) is 15.2 Å². The Morgan fingerprint density at radius 3 is 2.70 bits per heavy atom. The Labute approximate surface area is 135 Å². The average molecular weight is 312 g/mol. The topological polar surface area (TPSA) is 82.1 Å². The maximum Gasteiger partial charge on any atom is 0.171 e. The highest BCUT2D eigenvalue weighted by atomic mass is 16.5. The van der Waals surface area contributed by atoms with Gasteiger partial charge in [0.25, 0.3) is 0 Å². The number of hydrogen-bond donors (Lipinski definition) is 1. The van der Waals surface area contributed by atoms with Crippen LogP contribution >= 0.6 is 0 Å². The van der Waals surface area contributed by atoms with E-state index in [0.717, 1.165) is 11.3 Å². The van der Waals surface area contributed by atoms with Gasteiger partial charge in [0.2, 0.25) is 0 Å². The molecule has 0 bridgehead atoms. The van der Waals surface area contributed by atoms with Gasteiger partial charge in [-0.05, 0) is 38.1 Å². The summed E-state index contributed by atoms with van der Waals surface area (Å²) in [6, 6.07) is 11.0. The van der Waals surface area contributed by atoms with Crippen molar-refractivity contribution in [3.63, 3.8) is 0 Å². The summed E-state index contributed by atoms with van der Waals surface area (Å²) < 4.78 is 11.1.